The van der Waals surface area contributed by atoms with Crippen LogP contribution >= 0.6 is 15.9 Å². The maximum atomic E-state index is 12.8. The van der Waals surface area contributed by atoms with Gasteiger partial charge in [-0.1, -0.05) is 40.2 Å². The molecule has 5 heteroatoms. The lowest BCUT2D eigenvalue weighted by Gasteiger charge is -2.20. The Bertz CT molecular complexity index is 638. The van der Waals surface area contributed by atoms with Crippen molar-refractivity contribution in [3.8, 4) is 0 Å². The number of halogens is 4. The predicted octanol–water partition coefficient (Wildman–Crippen LogP) is 5.95. The van der Waals surface area contributed by atoms with E-state index in [4.69, 9.17) is 0 Å². The number of aryl methyl sites for hydroxylation is 1. The van der Waals surface area contributed by atoms with Gasteiger partial charge in [0.25, 0.3) is 0 Å². The van der Waals surface area contributed by atoms with Gasteiger partial charge >= 0.3 is 6.18 Å². The number of anilines is 1. The summed E-state index contributed by atoms with van der Waals surface area (Å²) >= 11 is 3.45. The first-order valence-corrected chi connectivity index (χ1v) is 7.27. The van der Waals surface area contributed by atoms with Gasteiger partial charge in [0, 0.05) is 16.2 Å². The van der Waals surface area contributed by atoms with E-state index in [0.29, 0.717) is 5.69 Å². The second kappa shape index (κ2) is 6.10. The number of nitrogens with one attached hydrogen (secondary N) is 1. The highest BCUT2D eigenvalue weighted by Crippen LogP contribution is 2.33. The van der Waals surface area contributed by atoms with Crippen LogP contribution in [-0.2, 0) is 6.18 Å². The Labute approximate surface area is 130 Å². The molecule has 0 heterocycles. The topological polar surface area (TPSA) is 12.0 Å². The van der Waals surface area contributed by atoms with Crippen LogP contribution in [-0.4, -0.2) is 0 Å². The molecule has 0 spiro atoms. The first kappa shape index (κ1) is 15.9. The van der Waals surface area contributed by atoms with E-state index in [-0.39, 0.29) is 6.04 Å². The molecule has 0 fully saturated rings. The van der Waals surface area contributed by atoms with Crippen molar-refractivity contribution in [2.75, 3.05) is 5.32 Å². The number of rotatable bonds is 3. The Kier molecular flexibility index (Phi) is 4.61. The molecule has 21 heavy (non-hydrogen) atoms. The molecule has 0 saturated heterocycles. The van der Waals surface area contributed by atoms with Gasteiger partial charge in [-0.3, -0.25) is 0 Å². The summed E-state index contributed by atoms with van der Waals surface area (Å²) in [5, 5.41) is 3.15. The number of hydrogen-bond donors (Lipinski definition) is 1. The molecule has 1 nitrogen and oxygen atoms in total. The van der Waals surface area contributed by atoms with Gasteiger partial charge in [-0.25, -0.2) is 0 Å². The van der Waals surface area contributed by atoms with Gasteiger partial charge in [-0.05, 0) is 43.2 Å². The molecule has 2 aromatic carbocycles. The fourth-order valence-corrected chi connectivity index (χ4v) is 2.72. The maximum Gasteiger partial charge on any atom is 0.416 e. The minimum Gasteiger partial charge on any atom is -0.378 e. The predicted molar refractivity (Wildman–Crippen MR) is 82.4 cm³/mol. The van der Waals surface area contributed by atoms with Crippen molar-refractivity contribution >= 4 is 21.6 Å². The van der Waals surface area contributed by atoms with Crippen LogP contribution in [0.15, 0.2) is 46.9 Å². The summed E-state index contributed by atoms with van der Waals surface area (Å²) in [6.45, 7) is 3.70. The van der Waals surface area contributed by atoms with Crippen molar-refractivity contribution in [1.82, 2.24) is 0 Å². The smallest absolute Gasteiger partial charge is 0.378 e. The van der Waals surface area contributed by atoms with Gasteiger partial charge in [-0.2, -0.15) is 13.2 Å². The first-order chi connectivity index (χ1) is 9.79. The third-order valence-electron chi connectivity index (χ3n) is 3.31. The molecule has 0 aromatic heterocycles. The molecule has 1 N–H and O–H groups in total. The van der Waals surface area contributed by atoms with Gasteiger partial charge in [0.15, 0.2) is 0 Å². The van der Waals surface area contributed by atoms with E-state index in [1.165, 1.54) is 6.07 Å². The molecular formula is C16H15BrF3N. The zero-order valence-corrected chi connectivity index (χ0v) is 13.2. The van der Waals surface area contributed by atoms with Crippen LogP contribution in [0.5, 0.6) is 0 Å². The number of hydrogen-bond acceptors (Lipinski definition) is 1. The SMILES string of the molecule is Cc1ccc(C(F)(F)F)cc1NC(C)c1ccccc1Br. The number of alkyl halides is 3. The quantitative estimate of drug-likeness (QED) is 0.715. The third-order valence-corrected chi connectivity index (χ3v) is 4.03. The Morgan fingerprint density at radius 3 is 2.38 bits per heavy atom. The summed E-state index contributed by atoms with van der Waals surface area (Å²) in [5.74, 6) is 0. The molecule has 0 aliphatic carbocycles. The highest BCUT2D eigenvalue weighted by molar-refractivity contribution is 9.10. The van der Waals surface area contributed by atoms with Crippen LogP contribution in [0.2, 0.25) is 0 Å². The summed E-state index contributed by atoms with van der Waals surface area (Å²) in [7, 11) is 0. The fourth-order valence-electron chi connectivity index (χ4n) is 2.09. The average Bonchev–Trinajstić information content (AvgIpc) is 2.40. The second-order valence-corrected chi connectivity index (χ2v) is 5.77. The lowest BCUT2D eigenvalue weighted by molar-refractivity contribution is -0.137. The monoisotopic (exact) mass is 357 g/mol. The molecule has 112 valence electrons. The van der Waals surface area contributed by atoms with E-state index in [2.05, 4.69) is 21.2 Å². The van der Waals surface area contributed by atoms with Gasteiger partial charge in [0.2, 0.25) is 0 Å². The zero-order chi connectivity index (χ0) is 15.6. The molecule has 0 aliphatic rings. The van der Waals surface area contributed by atoms with E-state index >= 15 is 0 Å². The molecule has 2 aromatic rings. The maximum absolute atomic E-state index is 12.8. The third kappa shape index (κ3) is 3.79. The van der Waals surface area contributed by atoms with Crippen molar-refractivity contribution in [1.29, 1.82) is 0 Å². The van der Waals surface area contributed by atoms with E-state index in [1.807, 2.05) is 31.2 Å². The lowest BCUT2D eigenvalue weighted by Crippen LogP contribution is -2.11. The summed E-state index contributed by atoms with van der Waals surface area (Å²) < 4.78 is 39.3. The van der Waals surface area contributed by atoms with Crippen LogP contribution < -0.4 is 5.32 Å². The summed E-state index contributed by atoms with van der Waals surface area (Å²) in [5.41, 5.74) is 1.62. The highest BCUT2D eigenvalue weighted by Gasteiger charge is 2.30. The first-order valence-electron chi connectivity index (χ1n) is 6.48. The molecule has 0 saturated carbocycles. The van der Waals surface area contributed by atoms with Crippen LogP contribution in [0.1, 0.15) is 29.7 Å². The average molecular weight is 358 g/mol. The van der Waals surface area contributed by atoms with Gasteiger partial charge in [-0.15, -0.1) is 0 Å². The molecule has 0 bridgehead atoms. The van der Waals surface area contributed by atoms with Crippen LogP contribution in [0, 0.1) is 6.92 Å². The Hall–Kier alpha value is -1.49. The van der Waals surface area contributed by atoms with Crippen LogP contribution in [0.3, 0.4) is 0 Å². The van der Waals surface area contributed by atoms with Crippen molar-refractivity contribution < 1.29 is 13.2 Å². The van der Waals surface area contributed by atoms with E-state index in [0.717, 1.165) is 27.7 Å². The van der Waals surface area contributed by atoms with Gasteiger partial charge in [0.1, 0.15) is 0 Å². The number of benzene rings is 2. The Morgan fingerprint density at radius 1 is 1.10 bits per heavy atom. The molecular weight excluding hydrogens is 343 g/mol. The van der Waals surface area contributed by atoms with E-state index < -0.39 is 11.7 Å². The van der Waals surface area contributed by atoms with Gasteiger partial charge in [0.05, 0.1) is 5.56 Å². The Balaban J connectivity index is 2.29. The minimum absolute atomic E-state index is 0.109. The normalized spacial score (nSPS) is 13.0. The largest absolute Gasteiger partial charge is 0.416 e. The minimum atomic E-state index is -4.33. The van der Waals surface area contributed by atoms with Crippen molar-refractivity contribution in [2.45, 2.75) is 26.1 Å². The summed E-state index contributed by atoms with van der Waals surface area (Å²) in [4.78, 5) is 0. The fraction of sp³-hybridized carbons (Fsp3) is 0.250. The van der Waals surface area contributed by atoms with Crippen LogP contribution in [0.25, 0.3) is 0 Å². The van der Waals surface area contributed by atoms with Gasteiger partial charge < -0.3 is 5.32 Å². The molecule has 1 atom stereocenters. The van der Waals surface area contributed by atoms with E-state index in [9.17, 15) is 13.2 Å². The lowest BCUT2D eigenvalue weighted by atomic mass is 10.1. The van der Waals surface area contributed by atoms with Crippen molar-refractivity contribution in [3.05, 3.63) is 63.6 Å². The molecule has 0 amide bonds. The van der Waals surface area contributed by atoms with Crippen molar-refractivity contribution in [3.63, 3.8) is 0 Å². The Morgan fingerprint density at radius 2 is 1.76 bits per heavy atom. The second-order valence-electron chi connectivity index (χ2n) is 4.91. The van der Waals surface area contributed by atoms with Crippen molar-refractivity contribution in [2.24, 2.45) is 0 Å². The molecule has 2 rings (SSSR count). The molecule has 0 aliphatic heterocycles. The summed E-state index contributed by atoms with van der Waals surface area (Å²) in [6, 6.07) is 11.3. The van der Waals surface area contributed by atoms with E-state index in [1.54, 1.807) is 6.92 Å². The molecule has 0 radical (unpaired) electrons. The summed E-state index contributed by atoms with van der Waals surface area (Å²) in [6.07, 6.45) is -4.33. The zero-order valence-electron chi connectivity index (χ0n) is 11.6. The highest BCUT2D eigenvalue weighted by atomic mass is 79.9. The standard InChI is InChI=1S/C16H15BrF3N/c1-10-7-8-12(16(18,19)20)9-15(10)21-11(2)13-5-3-4-6-14(13)17/h3-9,11,21H,1-2H3. The molecule has 1 unspecified atom stereocenters. The van der Waals surface area contributed by atoms with Crippen LogP contribution in [0.4, 0.5) is 18.9 Å².